The Kier molecular flexibility index (Phi) is 3.95. The van der Waals surface area contributed by atoms with Crippen molar-refractivity contribution in [1.82, 2.24) is 24.3 Å². The number of likely N-dealkylation sites (tertiary alicyclic amines) is 1. The normalized spacial score (nSPS) is 17.8. The van der Waals surface area contributed by atoms with E-state index in [4.69, 9.17) is 0 Å². The van der Waals surface area contributed by atoms with Crippen LogP contribution >= 0.6 is 0 Å². The molecule has 1 amide bonds. The molecule has 1 saturated heterocycles. The van der Waals surface area contributed by atoms with Crippen molar-refractivity contribution in [3.63, 3.8) is 0 Å². The molecule has 0 radical (unpaired) electrons. The van der Waals surface area contributed by atoms with Crippen molar-refractivity contribution in [2.24, 2.45) is 0 Å². The number of amides is 1. The SMILES string of the molecule is Cc1cncc([C@H]2CCCN(C(=O)c3cn4c(C)cccc4n3)C2)n1. The van der Waals surface area contributed by atoms with E-state index < -0.39 is 0 Å². The maximum Gasteiger partial charge on any atom is 0.274 e. The van der Waals surface area contributed by atoms with Crippen LogP contribution in [0.15, 0.2) is 36.8 Å². The van der Waals surface area contributed by atoms with Crippen molar-refractivity contribution in [1.29, 1.82) is 0 Å². The van der Waals surface area contributed by atoms with Gasteiger partial charge in [0.2, 0.25) is 0 Å². The molecule has 0 saturated carbocycles. The van der Waals surface area contributed by atoms with Gasteiger partial charge in [-0.05, 0) is 38.8 Å². The van der Waals surface area contributed by atoms with E-state index in [0.717, 1.165) is 42.1 Å². The van der Waals surface area contributed by atoms with Crippen LogP contribution in [-0.4, -0.2) is 43.2 Å². The smallest absolute Gasteiger partial charge is 0.274 e. The maximum absolute atomic E-state index is 12.9. The molecule has 4 rings (SSSR count). The fourth-order valence-electron chi connectivity index (χ4n) is 3.50. The zero-order chi connectivity index (χ0) is 17.4. The van der Waals surface area contributed by atoms with E-state index in [9.17, 15) is 4.79 Å². The molecule has 1 aliphatic heterocycles. The number of pyridine rings is 1. The van der Waals surface area contributed by atoms with Gasteiger partial charge in [-0.2, -0.15) is 0 Å². The fourth-order valence-corrected chi connectivity index (χ4v) is 3.50. The third kappa shape index (κ3) is 2.99. The number of hydrogen-bond acceptors (Lipinski definition) is 4. The predicted octanol–water partition coefficient (Wildman–Crippen LogP) is 2.76. The fraction of sp³-hybridized carbons (Fsp3) is 0.368. The van der Waals surface area contributed by atoms with Crippen molar-refractivity contribution < 1.29 is 4.79 Å². The number of aryl methyl sites for hydroxylation is 2. The summed E-state index contributed by atoms with van der Waals surface area (Å²) in [5.41, 5.74) is 4.27. The molecule has 4 heterocycles. The molecule has 0 unspecified atom stereocenters. The minimum atomic E-state index is -0.00610. The Labute approximate surface area is 146 Å². The Bertz CT molecular complexity index is 932. The van der Waals surface area contributed by atoms with Crippen LogP contribution in [0.25, 0.3) is 5.65 Å². The lowest BCUT2D eigenvalue weighted by Gasteiger charge is -2.32. The summed E-state index contributed by atoms with van der Waals surface area (Å²) in [4.78, 5) is 28.2. The molecular weight excluding hydrogens is 314 g/mol. The van der Waals surface area contributed by atoms with Crippen molar-refractivity contribution >= 4 is 11.6 Å². The summed E-state index contributed by atoms with van der Waals surface area (Å²) in [6.07, 6.45) is 7.42. The second-order valence-corrected chi connectivity index (χ2v) is 6.70. The van der Waals surface area contributed by atoms with E-state index in [2.05, 4.69) is 15.0 Å². The van der Waals surface area contributed by atoms with E-state index in [-0.39, 0.29) is 11.8 Å². The van der Waals surface area contributed by atoms with E-state index >= 15 is 0 Å². The van der Waals surface area contributed by atoms with E-state index in [1.807, 2.05) is 53.7 Å². The van der Waals surface area contributed by atoms with Gasteiger partial charge >= 0.3 is 0 Å². The summed E-state index contributed by atoms with van der Waals surface area (Å²) in [5, 5.41) is 0. The number of imidazole rings is 1. The predicted molar refractivity (Wildman–Crippen MR) is 94.6 cm³/mol. The first-order valence-electron chi connectivity index (χ1n) is 8.64. The molecule has 1 aliphatic rings. The van der Waals surface area contributed by atoms with Crippen molar-refractivity contribution in [2.45, 2.75) is 32.6 Å². The Morgan fingerprint density at radius 3 is 2.88 bits per heavy atom. The molecule has 6 heteroatoms. The lowest BCUT2D eigenvalue weighted by molar-refractivity contribution is 0.0700. The second kappa shape index (κ2) is 6.27. The summed E-state index contributed by atoms with van der Waals surface area (Å²) in [5.74, 6) is 0.234. The minimum absolute atomic E-state index is 0.00610. The first kappa shape index (κ1) is 15.7. The van der Waals surface area contributed by atoms with Gasteiger partial charge < -0.3 is 9.30 Å². The highest BCUT2D eigenvalue weighted by molar-refractivity contribution is 5.93. The molecule has 0 aromatic carbocycles. The summed E-state index contributed by atoms with van der Waals surface area (Å²) in [7, 11) is 0. The number of carbonyl (C=O) groups excluding carboxylic acids is 1. The molecule has 3 aromatic heterocycles. The quantitative estimate of drug-likeness (QED) is 0.722. The standard InChI is InChI=1S/C19H21N5O/c1-13-9-20-10-16(21-13)15-6-4-8-23(11-15)19(25)17-12-24-14(2)5-3-7-18(24)22-17/h3,5,7,9-10,12,15H,4,6,8,11H2,1-2H3/t15-/m0/s1. The van der Waals surface area contributed by atoms with Crippen LogP contribution < -0.4 is 0 Å². The van der Waals surface area contributed by atoms with Gasteiger partial charge in [-0.1, -0.05) is 6.07 Å². The van der Waals surface area contributed by atoms with Gasteiger partial charge in [0.25, 0.3) is 5.91 Å². The van der Waals surface area contributed by atoms with Crippen LogP contribution in [0.4, 0.5) is 0 Å². The van der Waals surface area contributed by atoms with Gasteiger partial charge in [0, 0.05) is 43.3 Å². The Hall–Kier alpha value is -2.76. The summed E-state index contributed by atoms with van der Waals surface area (Å²) >= 11 is 0. The number of aromatic nitrogens is 4. The number of rotatable bonds is 2. The van der Waals surface area contributed by atoms with E-state index in [1.165, 1.54) is 0 Å². The van der Waals surface area contributed by atoms with Gasteiger partial charge in [0.1, 0.15) is 11.3 Å². The van der Waals surface area contributed by atoms with Crippen molar-refractivity contribution in [3.05, 3.63) is 59.6 Å². The molecular formula is C19H21N5O. The topological polar surface area (TPSA) is 63.4 Å². The van der Waals surface area contributed by atoms with Crippen LogP contribution in [0, 0.1) is 13.8 Å². The van der Waals surface area contributed by atoms with Crippen LogP contribution in [0.5, 0.6) is 0 Å². The third-order valence-corrected chi connectivity index (χ3v) is 4.82. The molecule has 25 heavy (non-hydrogen) atoms. The molecule has 0 spiro atoms. The highest BCUT2D eigenvalue weighted by atomic mass is 16.2. The summed E-state index contributed by atoms with van der Waals surface area (Å²) in [6.45, 7) is 5.39. The molecule has 0 bridgehead atoms. The molecule has 0 N–H and O–H groups in total. The Morgan fingerprint density at radius 2 is 2.08 bits per heavy atom. The zero-order valence-electron chi connectivity index (χ0n) is 14.5. The number of carbonyl (C=O) groups is 1. The minimum Gasteiger partial charge on any atom is -0.337 e. The molecule has 1 fully saturated rings. The van der Waals surface area contributed by atoms with Gasteiger partial charge in [-0.25, -0.2) is 4.98 Å². The van der Waals surface area contributed by atoms with E-state index in [0.29, 0.717) is 12.2 Å². The van der Waals surface area contributed by atoms with Crippen molar-refractivity contribution in [3.8, 4) is 0 Å². The zero-order valence-corrected chi connectivity index (χ0v) is 14.5. The lowest BCUT2D eigenvalue weighted by Crippen LogP contribution is -2.39. The molecule has 0 aliphatic carbocycles. The molecule has 1 atom stereocenters. The van der Waals surface area contributed by atoms with Crippen LogP contribution in [-0.2, 0) is 0 Å². The first-order chi connectivity index (χ1) is 12.1. The summed E-state index contributed by atoms with van der Waals surface area (Å²) in [6, 6.07) is 5.89. The largest absolute Gasteiger partial charge is 0.337 e. The van der Waals surface area contributed by atoms with Crippen LogP contribution in [0.3, 0.4) is 0 Å². The van der Waals surface area contributed by atoms with Gasteiger partial charge in [0.15, 0.2) is 0 Å². The molecule has 3 aromatic rings. The highest BCUT2D eigenvalue weighted by Crippen LogP contribution is 2.26. The second-order valence-electron chi connectivity index (χ2n) is 6.70. The Morgan fingerprint density at radius 1 is 1.20 bits per heavy atom. The third-order valence-electron chi connectivity index (χ3n) is 4.82. The lowest BCUT2D eigenvalue weighted by atomic mass is 9.94. The summed E-state index contributed by atoms with van der Waals surface area (Å²) < 4.78 is 1.96. The molecule has 128 valence electrons. The number of nitrogens with zero attached hydrogens (tertiary/aromatic N) is 5. The Balaban J connectivity index is 1.57. The van der Waals surface area contributed by atoms with Crippen LogP contribution in [0.1, 0.15) is 46.3 Å². The van der Waals surface area contributed by atoms with Gasteiger partial charge in [0.05, 0.1) is 11.4 Å². The maximum atomic E-state index is 12.9. The van der Waals surface area contributed by atoms with Crippen LogP contribution in [0.2, 0.25) is 0 Å². The number of hydrogen-bond donors (Lipinski definition) is 0. The highest BCUT2D eigenvalue weighted by Gasteiger charge is 2.27. The van der Waals surface area contributed by atoms with E-state index in [1.54, 1.807) is 6.20 Å². The van der Waals surface area contributed by atoms with Crippen molar-refractivity contribution in [2.75, 3.05) is 13.1 Å². The first-order valence-corrected chi connectivity index (χ1v) is 8.64. The average molecular weight is 335 g/mol. The monoisotopic (exact) mass is 335 g/mol. The van der Waals surface area contributed by atoms with Gasteiger partial charge in [-0.15, -0.1) is 0 Å². The average Bonchev–Trinajstić information content (AvgIpc) is 3.07. The number of piperidine rings is 1. The van der Waals surface area contributed by atoms with Gasteiger partial charge in [-0.3, -0.25) is 14.8 Å². The molecule has 6 nitrogen and oxygen atoms in total. The number of fused-ring (bicyclic) bond motifs is 1.